The number of nitrogens with two attached hydrogens (primary N) is 1. The van der Waals surface area contributed by atoms with Crippen molar-refractivity contribution in [1.82, 2.24) is 4.90 Å². The predicted molar refractivity (Wildman–Crippen MR) is 71.8 cm³/mol. The van der Waals surface area contributed by atoms with E-state index in [0.717, 1.165) is 6.42 Å². The van der Waals surface area contributed by atoms with Gasteiger partial charge in [-0.25, -0.2) is 0 Å². The van der Waals surface area contributed by atoms with Gasteiger partial charge in [0.15, 0.2) is 0 Å². The molecule has 0 radical (unpaired) electrons. The number of carbonyl (C=O) groups excluding carboxylic acids is 1. The van der Waals surface area contributed by atoms with Crippen LogP contribution in [-0.2, 0) is 0 Å². The Morgan fingerprint density at radius 3 is 2.33 bits per heavy atom. The summed E-state index contributed by atoms with van der Waals surface area (Å²) in [5.41, 5.74) is 6.79. The molecular weight excluding hydrogens is 252 g/mol. The highest BCUT2D eigenvalue weighted by Gasteiger charge is 2.60. The highest BCUT2D eigenvalue weighted by atomic mass is 32.3. The molecule has 0 atom stereocenters. The van der Waals surface area contributed by atoms with Gasteiger partial charge in [0.1, 0.15) is 0 Å². The molecule has 2 aliphatic heterocycles. The largest absolute Gasteiger partial charge is 0.399 e. The molecule has 18 heavy (non-hydrogen) atoms. The zero-order chi connectivity index (χ0) is 13.0. The van der Waals surface area contributed by atoms with E-state index >= 15 is 0 Å². The van der Waals surface area contributed by atoms with E-state index in [1.807, 2.05) is 0 Å². The molecule has 2 heterocycles. The number of hydrogen-bond donors (Lipinski definition) is 3. The summed E-state index contributed by atoms with van der Waals surface area (Å²) in [6.45, 7) is 0.914. The third-order valence-electron chi connectivity index (χ3n) is 3.94. The van der Waals surface area contributed by atoms with Crippen LogP contribution in [0.5, 0.6) is 0 Å². The Bertz CT molecular complexity index is 495. The van der Waals surface area contributed by atoms with E-state index in [4.69, 9.17) is 5.73 Å². The minimum Gasteiger partial charge on any atom is -0.399 e. The van der Waals surface area contributed by atoms with Crippen molar-refractivity contribution in [2.24, 2.45) is 0 Å². The van der Waals surface area contributed by atoms with Gasteiger partial charge in [-0.3, -0.25) is 13.9 Å². The molecule has 2 fully saturated rings. The Morgan fingerprint density at radius 2 is 1.89 bits per heavy atom. The van der Waals surface area contributed by atoms with Crippen molar-refractivity contribution in [3.63, 3.8) is 0 Å². The van der Waals surface area contributed by atoms with Gasteiger partial charge in [-0.15, -0.1) is 0 Å². The molecule has 5 nitrogen and oxygen atoms in total. The lowest BCUT2D eigenvalue weighted by molar-refractivity contribution is 0.0496. The molecule has 2 saturated heterocycles. The number of carbonyl (C=O) groups is 1. The lowest BCUT2D eigenvalue weighted by atomic mass is 9.93. The van der Waals surface area contributed by atoms with Crippen LogP contribution in [0.15, 0.2) is 24.3 Å². The monoisotopic (exact) mass is 268 g/mol. The summed E-state index contributed by atoms with van der Waals surface area (Å²) in [4.78, 5) is 13.8. The third-order valence-corrected chi connectivity index (χ3v) is 6.56. The van der Waals surface area contributed by atoms with Crippen molar-refractivity contribution >= 4 is 22.2 Å². The van der Waals surface area contributed by atoms with Gasteiger partial charge in [-0.1, -0.05) is 0 Å². The van der Waals surface area contributed by atoms with E-state index in [2.05, 4.69) is 0 Å². The number of anilines is 1. The van der Waals surface area contributed by atoms with Crippen LogP contribution in [0.4, 0.5) is 5.69 Å². The van der Waals surface area contributed by atoms with Gasteiger partial charge in [0.2, 0.25) is 0 Å². The minimum atomic E-state index is -2.45. The second-order valence-corrected chi connectivity index (χ2v) is 7.69. The number of hydrogen-bond acceptors (Lipinski definition) is 4. The first-order chi connectivity index (χ1) is 8.44. The Morgan fingerprint density at radius 1 is 1.28 bits per heavy atom. The molecule has 1 aromatic rings. The van der Waals surface area contributed by atoms with E-state index < -0.39 is 15.3 Å². The van der Waals surface area contributed by atoms with Crippen LogP contribution in [0.3, 0.4) is 0 Å². The van der Waals surface area contributed by atoms with Gasteiger partial charge in [0.05, 0.1) is 4.75 Å². The molecule has 1 aromatic carbocycles. The maximum Gasteiger partial charge on any atom is 0.253 e. The summed E-state index contributed by atoms with van der Waals surface area (Å²) < 4.78 is 19.1. The average Bonchev–Trinajstić information content (AvgIpc) is 2.26. The van der Waals surface area contributed by atoms with Gasteiger partial charge in [0, 0.05) is 30.1 Å². The molecule has 0 bridgehead atoms. The average molecular weight is 268 g/mol. The molecule has 4 N–H and O–H groups in total. The number of amides is 1. The molecule has 0 aromatic heterocycles. The molecular formula is C12H16N2O3S. The first kappa shape index (κ1) is 11.8. The highest BCUT2D eigenvalue weighted by Crippen LogP contribution is 2.67. The number of nitrogen functional groups attached to an aromatic ring is 1. The lowest BCUT2D eigenvalue weighted by Crippen LogP contribution is -2.70. The molecule has 3 rings (SSSR count). The van der Waals surface area contributed by atoms with E-state index in [1.54, 1.807) is 29.2 Å². The fourth-order valence-corrected chi connectivity index (χ4v) is 4.41. The summed E-state index contributed by atoms with van der Waals surface area (Å²) >= 11 is 0. The quantitative estimate of drug-likeness (QED) is 0.675. The van der Waals surface area contributed by atoms with Crippen LogP contribution < -0.4 is 5.73 Å². The number of nitrogens with zero attached hydrogens (tertiary/aromatic N) is 1. The van der Waals surface area contributed by atoms with Crippen molar-refractivity contribution in [3.05, 3.63) is 29.8 Å². The second kappa shape index (κ2) is 3.63. The molecule has 0 aliphatic carbocycles. The van der Waals surface area contributed by atoms with Gasteiger partial charge in [0.25, 0.3) is 5.91 Å². The van der Waals surface area contributed by atoms with Gasteiger partial charge >= 0.3 is 0 Å². The van der Waals surface area contributed by atoms with E-state index in [1.165, 1.54) is 0 Å². The van der Waals surface area contributed by atoms with Crippen LogP contribution in [0.2, 0.25) is 0 Å². The standard InChI is InChI=1S/C12H16N2O3S/c13-10-3-1-9(2-4-10)11(15)14-7-12(8-14)5-6-18(12,16)17/h1-4,16-17H,5-8,13H2. The van der Waals surface area contributed by atoms with Crippen molar-refractivity contribution < 1.29 is 13.9 Å². The summed E-state index contributed by atoms with van der Waals surface area (Å²) in [6.07, 6.45) is 0.806. The normalized spacial score (nSPS) is 25.1. The number of benzene rings is 1. The summed E-state index contributed by atoms with van der Waals surface area (Å²) in [5, 5.41) is 0. The second-order valence-electron chi connectivity index (χ2n) is 5.09. The SMILES string of the molecule is Nc1ccc(C(=O)N2CC3(CCS3(O)O)C2)cc1. The van der Waals surface area contributed by atoms with Crippen LogP contribution in [0.25, 0.3) is 0 Å². The smallest absolute Gasteiger partial charge is 0.253 e. The van der Waals surface area contributed by atoms with Crippen molar-refractivity contribution in [1.29, 1.82) is 0 Å². The molecule has 0 unspecified atom stereocenters. The highest BCUT2D eigenvalue weighted by molar-refractivity contribution is 8.26. The fraction of sp³-hybridized carbons (Fsp3) is 0.417. The van der Waals surface area contributed by atoms with Gasteiger partial charge < -0.3 is 10.6 Å². The van der Waals surface area contributed by atoms with Crippen LogP contribution >= 0.6 is 10.6 Å². The van der Waals surface area contributed by atoms with Crippen LogP contribution in [-0.4, -0.2) is 43.5 Å². The summed E-state index contributed by atoms with van der Waals surface area (Å²) in [7, 11) is -2.45. The zero-order valence-corrected chi connectivity index (χ0v) is 10.7. The van der Waals surface area contributed by atoms with Crippen LogP contribution in [0, 0.1) is 0 Å². The third kappa shape index (κ3) is 1.53. The van der Waals surface area contributed by atoms with E-state index in [-0.39, 0.29) is 5.91 Å². The van der Waals surface area contributed by atoms with E-state index in [9.17, 15) is 13.9 Å². The molecule has 0 saturated carbocycles. The molecule has 1 spiro atoms. The fourth-order valence-electron chi connectivity index (χ4n) is 2.54. The lowest BCUT2D eigenvalue weighted by Gasteiger charge is -2.67. The number of likely N-dealkylation sites (tertiary alicyclic amines) is 1. The summed E-state index contributed by atoms with van der Waals surface area (Å²) in [5.74, 6) is 0.416. The molecule has 1 amide bonds. The Kier molecular flexibility index (Phi) is 2.38. The molecule has 2 aliphatic rings. The van der Waals surface area contributed by atoms with E-state index in [0.29, 0.717) is 30.1 Å². The van der Waals surface area contributed by atoms with Crippen molar-refractivity contribution in [2.75, 3.05) is 24.6 Å². The maximum absolute atomic E-state index is 12.1. The van der Waals surface area contributed by atoms with Crippen molar-refractivity contribution in [3.8, 4) is 0 Å². The minimum absolute atomic E-state index is 0.0669. The maximum atomic E-state index is 12.1. The first-order valence-electron chi connectivity index (χ1n) is 5.84. The first-order valence-corrected chi connectivity index (χ1v) is 7.55. The molecule has 6 heteroatoms. The zero-order valence-electron chi connectivity index (χ0n) is 9.87. The predicted octanol–water partition coefficient (Wildman–Crippen LogP) is 1.62. The topological polar surface area (TPSA) is 86.8 Å². The Balaban J connectivity index is 1.69. The van der Waals surface area contributed by atoms with Gasteiger partial charge in [-0.2, -0.15) is 10.6 Å². The summed E-state index contributed by atoms with van der Waals surface area (Å²) in [6, 6.07) is 6.78. The van der Waals surface area contributed by atoms with Crippen molar-refractivity contribution in [2.45, 2.75) is 11.2 Å². The van der Waals surface area contributed by atoms with Gasteiger partial charge in [-0.05, 0) is 30.7 Å². The molecule has 98 valence electrons. The van der Waals surface area contributed by atoms with Crippen LogP contribution in [0.1, 0.15) is 16.8 Å². The Hall–Kier alpha value is -1.24. The number of rotatable bonds is 1. The Labute approximate surface area is 107 Å².